The van der Waals surface area contributed by atoms with Crippen molar-refractivity contribution in [2.75, 3.05) is 39.5 Å². The van der Waals surface area contributed by atoms with E-state index in [4.69, 9.17) is 13.9 Å². The number of furan rings is 1. The number of hydrogen-bond acceptors (Lipinski definition) is 4. The quantitative estimate of drug-likeness (QED) is 0.752. The van der Waals surface area contributed by atoms with Crippen LogP contribution in [-0.2, 0) is 4.74 Å². The molecule has 1 aliphatic heterocycles. The molecule has 2 heterocycles. The summed E-state index contributed by atoms with van der Waals surface area (Å²) in [7, 11) is 0. The van der Waals surface area contributed by atoms with Crippen LogP contribution in [0.4, 0.5) is 0 Å². The Morgan fingerprint density at radius 3 is 2.80 bits per heavy atom. The van der Waals surface area contributed by atoms with E-state index in [9.17, 15) is 0 Å². The molecule has 84 valence electrons. The van der Waals surface area contributed by atoms with Crippen LogP contribution in [0.5, 0.6) is 5.95 Å². The van der Waals surface area contributed by atoms with Crippen molar-refractivity contribution in [3.05, 3.63) is 17.9 Å². The van der Waals surface area contributed by atoms with Crippen LogP contribution >= 0.6 is 0 Å². The normalized spacial score (nSPS) is 17.9. The Kier molecular flexibility index (Phi) is 3.64. The van der Waals surface area contributed by atoms with E-state index in [1.165, 1.54) is 0 Å². The molecule has 15 heavy (non-hydrogen) atoms. The topological polar surface area (TPSA) is 34.8 Å². The number of ether oxygens (including phenoxy) is 2. The van der Waals surface area contributed by atoms with Gasteiger partial charge >= 0.3 is 0 Å². The third-order valence-corrected chi connectivity index (χ3v) is 2.47. The summed E-state index contributed by atoms with van der Waals surface area (Å²) in [6.07, 6.45) is 0. The second-order valence-electron chi connectivity index (χ2n) is 3.67. The molecule has 0 atom stereocenters. The van der Waals surface area contributed by atoms with Crippen LogP contribution in [0, 0.1) is 6.92 Å². The van der Waals surface area contributed by atoms with E-state index in [0.29, 0.717) is 12.6 Å². The summed E-state index contributed by atoms with van der Waals surface area (Å²) >= 11 is 0. The summed E-state index contributed by atoms with van der Waals surface area (Å²) in [6, 6.07) is 3.76. The van der Waals surface area contributed by atoms with Crippen LogP contribution in [0.1, 0.15) is 5.76 Å². The molecule has 0 saturated carbocycles. The van der Waals surface area contributed by atoms with Crippen molar-refractivity contribution in [1.29, 1.82) is 0 Å². The third-order valence-electron chi connectivity index (χ3n) is 2.47. The molecule has 1 aromatic rings. The average molecular weight is 211 g/mol. The first kappa shape index (κ1) is 10.5. The van der Waals surface area contributed by atoms with Crippen LogP contribution in [0.15, 0.2) is 16.5 Å². The van der Waals surface area contributed by atoms with Gasteiger partial charge in [-0.15, -0.1) is 0 Å². The van der Waals surface area contributed by atoms with Crippen LogP contribution in [0.25, 0.3) is 0 Å². The van der Waals surface area contributed by atoms with Crippen molar-refractivity contribution in [3.63, 3.8) is 0 Å². The Morgan fingerprint density at radius 2 is 2.13 bits per heavy atom. The third kappa shape index (κ3) is 3.25. The fraction of sp³-hybridized carbons (Fsp3) is 0.636. The predicted octanol–water partition coefficient (Wildman–Crippen LogP) is 1.30. The van der Waals surface area contributed by atoms with E-state index in [2.05, 4.69) is 4.90 Å². The Balaban J connectivity index is 1.65. The van der Waals surface area contributed by atoms with Gasteiger partial charge in [0.25, 0.3) is 5.95 Å². The van der Waals surface area contributed by atoms with Crippen molar-refractivity contribution in [2.45, 2.75) is 6.92 Å². The zero-order valence-electron chi connectivity index (χ0n) is 9.07. The lowest BCUT2D eigenvalue weighted by Gasteiger charge is -2.26. The molecule has 0 aliphatic carbocycles. The molecule has 2 rings (SSSR count). The Bertz CT molecular complexity index is 292. The van der Waals surface area contributed by atoms with Crippen LogP contribution in [0.2, 0.25) is 0 Å². The minimum Gasteiger partial charge on any atom is -0.464 e. The van der Waals surface area contributed by atoms with Gasteiger partial charge in [0.15, 0.2) is 0 Å². The molecular weight excluding hydrogens is 194 g/mol. The Morgan fingerprint density at radius 1 is 1.33 bits per heavy atom. The van der Waals surface area contributed by atoms with E-state index < -0.39 is 0 Å². The fourth-order valence-electron chi connectivity index (χ4n) is 1.59. The lowest BCUT2D eigenvalue weighted by atomic mass is 10.4. The van der Waals surface area contributed by atoms with Gasteiger partial charge in [-0.25, -0.2) is 0 Å². The van der Waals surface area contributed by atoms with Gasteiger partial charge in [-0.05, 0) is 13.0 Å². The van der Waals surface area contributed by atoms with Gasteiger partial charge in [0.05, 0.1) is 13.2 Å². The molecule has 1 aliphatic rings. The predicted molar refractivity (Wildman–Crippen MR) is 56.2 cm³/mol. The number of nitrogens with zero attached hydrogens (tertiary/aromatic N) is 1. The molecule has 0 aromatic carbocycles. The van der Waals surface area contributed by atoms with E-state index in [1.54, 1.807) is 0 Å². The standard InChI is InChI=1S/C11H17NO3/c1-10-2-3-11(15-10)14-9-6-12-4-7-13-8-5-12/h2-3H,4-9H2,1H3. The highest BCUT2D eigenvalue weighted by Crippen LogP contribution is 2.14. The molecule has 1 saturated heterocycles. The monoisotopic (exact) mass is 211 g/mol. The Labute approximate surface area is 89.8 Å². The summed E-state index contributed by atoms with van der Waals surface area (Å²) in [5.74, 6) is 1.50. The first-order chi connectivity index (χ1) is 7.34. The molecule has 0 unspecified atom stereocenters. The van der Waals surface area contributed by atoms with Crippen molar-refractivity contribution in [3.8, 4) is 5.95 Å². The maximum Gasteiger partial charge on any atom is 0.284 e. The smallest absolute Gasteiger partial charge is 0.284 e. The summed E-state index contributed by atoms with van der Waals surface area (Å²) in [4.78, 5) is 2.33. The number of aryl methyl sites for hydroxylation is 1. The first-order valence-corrected chi connectivity index (χ1v) is 5.34. The molecule has 0 amide bonds. The second-order valence-corrected chi connectivity index (χ2v) is 3.67. The maximum absolute atomic E-state index is 5.48. The van der Waals surface area contributed by atoms with Crippen LogP contribution in [0.3, 0.4) is 0 Å². The van der Waals surface area contributed by atoms with Gasteiger partial charge in [-0.1, -0.05) is 0 Å². The van der Waals surface area contributed by atoms with E-state index in [0.717, 1.165) is 38.6 Å². The minimum atomic E-state index is 0.612. The first-order valence-electron chi connectivity index (χ1n) is 5.34. The molecule has 0 radical (unpaired) electrons. The summed E-state index contributed by atoms with van der Waals surface area (Å²) < 4.78 is 16.1. The molecule has 1 aromatic heterocycles. The molecule has 0 bridgehead atoms. The number of morpholine rings is 1. The minimum absolute atomic E-state index is 0.612. The lowest BCUT2D eigenvalue weighted by Crippen LogP contribution is -2.38. The van der Waals surface area contributed by atoms with Crippen LogP contribution in [-0.4, -0.2) is 44.4 Å². The van der Waals surface area contributed by atoms with Gasteiger partial charge < -0.3 is 13.9 Å². The summed E-state index contributed by atoms with van der Waals surface area (Å²) in [5, 5.41) is 0. The molecule has 4 heteroatoms. The SMILES string of the molecule is Cc1ccc(OCCN2CCOCC2)o1. The highest BCUT2D eigenvalue weighted by molar-refractivity contribution is 5.10. The Hall–Kier alpha value is -1.00. The summed E-state index contributed by atoms with van der Waals surface area (Å²) in [6.45, 7) is 7.19. The van der Waals surface area contributed by atoms with Gasteiger partial charge in [0, 0.05) is 25.7 Å². The fourth-order valence-corrected chi connectivity index (χ4v) is 1.59. The molecular formula is C11H17NO3. The lowest BCUT2D eigenvalue weighted by molar-refractivity contribution is 0.0308. The van der Waals surface area contributed by atoms with E-state index in [1.807, 2.05) is 19.1 Å². The number of rotatable bonds is 4. The van der Waals surface area contributed by atoms with Crippen molar-refractivity contribution < 1.29 is 13.9 Å². The van der Waals surface area contributed by atoms with Gasteiger partial charge in [-0.2, -0.15) is 0 Å². The van der Waals surface area contributed by atoms with Gasteiger partial charge in [0.1, 0.15) is 12.4 Å². The average Bonchev–Trinajstić information content (AvgIpc) is 2.66. The highest BCUT2D eigenvalue weighted by atomic mass is 16.6. The summed E-state index contributed by atoms with van der Waals surface area (Å²) in [5.41, 5.74) is 0. The zero-order valence-corrected chi connectivity index (χ0v) is 9.07. The molecule has 1 fully saturated rings. The van der Waals surface area contributed by atoms with Crippen LogP contribution < -0.4 is 4.74 Å². The van der Waals surface area contributed by atoms with Gasteiger partial charge in [-0.3, -0.25) is 4.90 Å². The van der Waals surface area contributed by atoms with Crippen molar-refractivity contribution in [1.82, 2.24) is 4.90 Å². The zero-order chi connectivity index (χ0) is 10.5. The van der Waals surface area contributed by atoms with Crippen molar-refractivity contribution in [2.24, 2.45) is 0 Å². The molecule has 4 nitrogen and oxygen atoms in total. The maximum atomic E-state index is 5.48. The highest BCUT2D eigenvalue weighted by Gasteiger charge is 2.10. The molecule has 0 spiro atoms. The number of hydrogen-bond donors (Lipinski definition) is 0. The van der Waals surface area contributed by atoms with E-state index in [-0.39, 0.29) is 0 Å². The van der Waals surface area contributed by atoms with Gasteiger partial charge in [0.2, 0.25) is 0 Å². The largest absolute Gasteiger partial charge is 0.464 e. The van der Waals surface area contributed by atoms with E-state index >= 15 is 0 Å². The second kappa shape index (κ2) is 5.19. The molecule has 0 N–H and O–H groups in total. The van der Waals surface area contributed by atoms with Crippen molar-refractivity contribution >= 4 is 0 Å².